The van der Waals surface area contributed by atoms with E-state index < -0.39 is 23.7 Å². The van der Waals surface area contributed by atoms with Crippen LogP contribution in [0.3, 0.4) is 0 Å². The highest BCUT2D eigenvalue weighted by Crippen LogP contribution is 2.57. The third-order valence-corrected chi connectivity index (χ3v) is 5.88. The number of methoxy groups -OCH3 is 2. The number of benzene rings is 2. The van der Waals surface area contributed by atoms with Gasteiger partial charge in [0.1, 0.15) is 6.23 Å². The second-order valence-electron chi connectivity index (χ2n) is 7.05. The maximum Gasteiger partial charge on any atom is 0.312 e. The quantitative estimate of drug-likeness (QED) is 0.770. The number of carbonyl (C=O) groups is 2. The SMILES string of the molecule is COC(=O)[C@@H]1C[C@@H]2c3ccccc3[C@@]1(C#N)N(C(=O)c1ccccc1)[C@H]2OC. The van der Waals surface area contributed by atoms with E-state index >= 15 is 0 Å². The lowest BCUT2D eigenvalue weighted by Gasteiger charge is -2.58. The summed E-state index contributed by atoms with van der Waals surface area (Å²) in [7, 11) is 2.83. The summed E-state index contributed by atoms with van der Waals surface area (Å²) in [6.07, 6.45) is -0.267. The van der Waals surface area contributed by atoms with Crippen LogP contribution in [0, 0.1) is 17.2 Å². The highest BCUT2D eigenvalue weighted by atomic mass is 16.5. The minimum absolute atomic E-state index is 0.229. The molecule has 28 heavy (non-hydrogen) atoms. The highest BCUT2D eigenvalue weighted by molar-refractivity contribution is 5.96. The first-order valence-corrected chi connectivity index (χ1v) is 9.10. The molecular formula is C22H20N2O4. The zero-order valence-corrected chi connectivity index (χ0v) is 15.7. The lowest BCUT2D eigenvalue weighted by molar-refractivity contribution is -0.168. The molecule has 1 fully saturated rings. The molecule has 2 aromatic rings. The van der Waals surface area contributed by atoms with Crippen LogP contribution in [0.4, 0.5) is 0 Å². The predicted octanol–water partition coefficient (Wildman–Crippen LogP) is 2.81. The number of fused-ring (bicyclic) bond motifs is 2. The number of nitriles is 1. The molecule has 2 bridgehead atoms. The van der Waals surface area contributed by atoms with Crippen LogP contribution in [0.2, 0.25) is 0 Å². The van der Waals surface area contributed by atoms with Crippen LogP contribution in [0.1, 0.15) is 33.8 Å². The van der Waals surface area contributed by atoms with E-state index in [2.05, 4.69) is 6.07 Å². The van der Waals surface area contributed by atoms with Gasteiger partial charge in [-0.15, -0.1) is 0 Å². The highest BCUT2D eigenvalue weighted by Gasteiger charge is 2.65. The Kier molecular flexibility index (Phi) is 4.40. The Balaban J connectivity index is 1.98. The summed E-state index contributed by atoms with van der Waals surface area (Å²) in [4.78, 5) is 27.7. The molecule has 0 N–H and O–H groups in total. The van der Waals surface area contributed by atoms with Gasteiger partial charge in [-0.25, -0.2) is 0 Å². The largest absolute Gasteiger partial charge is 0.469 e. The summed E-state index contributed by atoms with van der Waals surface area (Å²) in [5.74, 6) is -1.86. The molecule has 5 rings (SSSR count). The molecule has 142 valence electrons. The molecule has 2 heterocycles. The summed E-state index contributed by atoms with van der Waals surface area (Å²) >= 11 is 0. The van der Waals surface area contributed by atoms with Crippen molar-refractivity contribution in [3.05, 3.63) is 71.3 Å². The summed E-state index contributed by atoms with van der Waals surface area (Å²) in [6.45, 7) is 0. The van der Waals surface area contributed by atoms with Gasteiger partial charge >= 0.3 is 5.97 Å². The zero-order valence-electron chi connectivity index (χ0n) is 15.7. The van der Waals surface area contributed by atoms with Crippen molar-refractivity contribution < 1.29 is 19.1 Å². The molecule has 2 aliphatic heterocycles. The van der Waals surface area contributed by atoms with E-state index in [0.717, 1.165) is 5.56 Å². The molecule has 2 aromatic carbocycles. The average Bonchev–Trinajstić information content (AvgIpc) is 2.77. The smallest absolute Gasteiger partial charge is 0.312 e. The van der Waals surface area contributed by atoms with Crippen molar-refractivity contribution in [1.82, 2.24) is 4.90 Å². The van der Waals surface area contributed by atoms with Gasteiger partial charge in [-0.1, -0.05) is 42.5 Å². The standard InChI is InChI=1S/C22H20N2O4/c1-27-20-16-12-18(21(26)28-2)22(13-23,17-11-7-6-10-15(16)17)24(20)19(25)14-8-4-3-5-9-14/h3-11,16,18,20H,12H2,1-2H3/t16-,18+,20+,22-/m1/s1. The van der Waals surface area contributed by atoms with E-state index in [1.165, 1.54) is 19.1 Å². The van der Waals surface area contributed by atoms with Crippen molar-refractivity contribution in [2.45, 2.75) is 24.1 Å². The Morgan fingerprint density at radius 3 is 2.43 bits per heavy atom. The average molecular weight is 376 g/mol. The number of ether oxygens (including phenoxy) is 2. The van der Waals surface area contributed by atoms with E-state index in [4.69, 9.17) is 9.47 Å². The predicted molar refractivity (Wildman–Crippen MR) is 100 cm³/mol. The first kappa shape index (κ1) is 18.2. The molecule has 6 nitrogen and oxygen atoms in total. The first-order chi connectivity index (χ1) is 13.6. The van der Waals surface area contributed by atoms with Gasteiger partial charge in [0.05, 0.1) is 19.1 Å². The maximum absolute atomic E-state index is 13.5. The monoisotopic (exact) mass is 376 g/mol. The van der Waals surface area contributed by atoms with Crippen LogP contribution in [0.15, 0.2) is 54.6 Å². The van der Waals surface area contributed by atoms with E-state index in [1.807, 2.05) is 30.3 Å². The first-order valence-electron chi connectivity index (χ1n) is 9.10. The fraction of sp³-hybridized carbons (Fsp3) is 0.318. The molecule has 0 spiro atoms. The summed E-state index contributed by atoms with van der Waals surface area (Å²) < 4.78 is 10.7. The van der Waals surface area contributed by atoms with Crippen molar-refractivity contribution in [2.24, 2.45) is 5.92 Å². The molecule has 6 heteroatoms. The molecule has 0 saturated carbocycles. The van der Waals surface area contributed by atoms with Crippen molar-refractivity contribution in [3.8, 4) is 6.07 Å². The Morgan fingerprint density at radius 2 is 1.79 bits per heavy atom. The van der Waals surface area contributed by atoms with Crippen LogP contribution in [0.5, 0.6) is 0 Å². The fourth-order valence-electron chi connectivity index (χ4n) is 4.72. The molecule has 0 aromatic heterocycles. The minimum Gasteiger partial charge on any atom is -0.469 e. The molecule has 1 saturated heterocycles. The number of amides is 1. The molecule has 1 aliphatic carbocycles. The third kappa shape index (κ3) is 2.30. The van der Waals surface area contributed by atoms with Gasteiger partial charge in [0.15, 0.2) is 5.54 Å². The Hall–Kier alpha value is -3.17. The van der Waals surface area contributed by atoms with Crippen molar-refractivity contribution in [2.75, 3.05) is 14.2 Å². The van der Waals surface area contributed by atoms with E-state index in [0.29, 0.717) is 17.5 Å². The van der Waals surface area contributed by atoms with E-state index in [-0.39, 0.29) is 11.8 Å². The number of hydrogen-bond donors (Lipinski definition) is 0. The van der Waals surface area contributed by atoms with Gasteiger partial charge < -0.3 is 9.47 Å². The van der Waals surface area contributed by atoms with Crippen LogP contribution < -0.4 is 0 Å². The molecule has 0 unspecified atom stereocenters. The number of rotatable bonds is 3. The molecule has 4 atom stereocenters. The topological polar surface area (TPSA) is 79.6 Å². The van der Waals surface area contributed by atoms with Gasteiger partial charge in [0, 0.05) is 18.6 Å². The van der Waals surface area contributed by atoms with Crippen molar-refractivity contribution in [3.63, 3.8) is 0 Å². The van der Waals surface area contributed by atoms with E-state index in [1.54, 1.807) is 24.3 Å². The summed E-state index contributed by atoms with van der Waals surface area (Å²) in [5.41, 5.74) is 0.550. The second kappa shape index (κ2) is 6.77. The molecule has 0 radical (unpaired) electrons. The van der Waals surface area contributed by atoms with Crippen LogP contribution in [-0.4, -0.2) is 37.2 Å². The summed E-state index contributed by atoms with van der Waals surface area (Å²) in [6, 6.07) is 18.5. The Morgan fingerprint density at radius 1 is 1.11 bits per heavy atom. The van der Waals surface area contributed by atoms with Gasteiger partial charge in [-0.05, 0) is 29.7 Å². The maximum atomic E-state index is 13.5. The number of piperidine rings is 1. The fourth-order valence-corrected chi connectivity index (χ4v) is 4.72. The minimum atomic E-state index is -1.49. The van der Waals surface area contributed by atoms with Gasteiger partial charge in [0.25, 0.3) is 5.91 Å². The lowest BCUT2D eigenvalue weighted by atomic mass is 9.60. The Labute approximate surface area is 163 Å². The second-order valence-corrected chi connectivity index (χ2v) is 7.05. The number of nitrogens with zero attached hydrogens (tertiary/aromatic N) is 2. The number of hydrogen-bond acceptors (Lipinski definition) is 5. The van der Waals surface area contributed by atoms with Gasteiger partial charge in [0.2, 0.25) is 0 Å². The lowest BCUT2D eigenvalue weighted by Crippen LogP contribution is -2.68. The van der Waals surface area contributed by atoms with Crippen LogP contribution in [0.25, 0.3) is 0 Å². The van der Waals surface area contributed by atoms with Gasteiger partial charge in [-0.2, -0.15) is 5.26 Å². The molecular weight excluding hydrogens is 356 g/mol. The van der Waals surface area contributed by atoms with Crippen molar-refractivity contribution in [1.29, 1.82) is 5.26 Å². The summed E-state index contributed by atoms with van der Waals surface area (Å²) in [5, 5.41) is 10.4. The zero-order chi connectivity index (χ0) is 19.9. The normalized spacial score (nSPS) is 27.6. The molecule has 1 amide bonds. The number of carbonyl (C=O) groups excluding carboxylic acids is 2. The molecule has 3 aliphatic rings. The third-order valence-electron chi connectivity index (χ3n) is 5.88. The van der Waals surface area contributed by atoms with E-state index in [9.17, 15) is 14.9 Å². The number of esters is 1. The van der Waals surface area contributed by atoms with Crippen molar-refractivity contribution >= 4 is 11.9 Å². The Bertz CT molecular complexity index is 968. The van der Waals surface area contributed by atoms with Crippen LogP contribution in [-0.2, 0) is 19.8 Å². The van der Waals surface area contributed by atoms with Crippen LogP contribution >= 0.6 is 0 Å². The van der Waals surface area contributed by atoms with Gasteiger partial charge in [-0.3, -0.25) is 14.5 Å².